The molecule has 1 unspecified atom stereocenters. The van der Waals surface area contributed by atoms with E-state index >= 15 is 0 Å². The van der Waals surface area contributed by atoms with Crippen LogP contribution >= 0.6 is 11.3 Å². The molecule has 1 aliphatic heterocycles. The number of hydrogen-bond acceptors (Lipinski definition) is 7. The number of nitrogens with two attached hydrogens (primary N) is 1. The van der Waals surface area contributed by atoms with E-state index in [9.17, 15) is 19.2 Å². The van der Waals surface area contributed by atoms with Crippen LogP contribution in [0.15, 0.2) is 29.6 Å². The van der Waals surface area contributed by atoms with Crippen LogP contribution in [0.5, 0.6) is 0 Å². The summed E-state index contributed by atoms with van der Waals surface area (Å²) in [7, 11) is 1.53. The van der Waals surface area contributed by atoms with E-state index in [1.807, 2.05) is 17.5 Å². The number of ether oxygens (including phenoxy) is 1. The van der Waals surface area contributed by atoms with Gasteiger partial charge >= 0.3 is 12.1 Å². The van der Waals surface area contributed by atoms with Crippen molar-refractivity contribution in [1.82, 2.24) is 15.1 Å². The second kappa shape index (κ2) is 10.2. The molecule has 0 radical (unpaired) electrons. The van der Waals surface area contributed by atoms with Crippen molar-refractivity contribution in [3.05, 3.63) is 51.2 Å². The smallest absolute Gasteiger partial charge is 0.417 e. The number of amides is 5. The van der Waals surface area contributed by atoms with E-state index in [4.69, 9.17) is 10.5 Å². The van der Waals surface area contributed by atoms with E-state index in [2.05, 4.69) is 10.6 Å². The summed E-state index contributed by atoms with van der Waals surface area (Å²) in [4.78, 5) is 52.2. The van der Waals surface area contributed by atoms with Crippen molar-refractivity contribution < 1.29 is 23.9 Å². The Labute approximate surface area is 201 Å². The summed E-state index contributed by atoms with van der Waals surface area (Å²) < 4.78 is 5.57. The summed E-state index contributed by atoms with van der Waals surface area (Å²) >= 11 is 1.56. The molecular formula is C23H27N5O5S. The summed E-state index contributed by atoms with van der Waals surface area (Å²) in [6, 6.07) is 7.05. The number of nitrogens with one attached hydrogen (secondary N) is 2. The third-order valence-corrected chi connectivity index (χ3v) is 7.09. The maximum Gasteiger partial charge on any atom is 0.417 e. The maximum atomic E-state index is 13.0. The van der Waals surface area contributed by atoms with Crippen LogP contribution in [0.3, 0.4) is 0 Å². The first kappa shape index (κ1) is 23.7. The van der Waals surface area contributed by atoms with Crippen molar-refractivity contribution in [3.63, 3.8) is 0 Å². The van der Waals surface area contributed by atoms with Crippen molar-refractivity contribution in [3.8, 4) is 0 Å². The molecule has 1 aromatic heterocycles. The van der Waals surface area contributed by atoms with E-state index < -0.39 is 30.8 Å². The fraction of sp³-hybridized carbons (Fsp3) is 0.391. The highest BCUT2D eigenvalue weighted by molar-refractivity contribution is 7.10. The van der Waals surface area contributed by atoms with E-state index in [-0.39, 0.29) is 6.03 Å². The third-order valence-electron chi connectivity index (χ3n) is 6.14. The molecule has 4 N–H and O–H groups in total. The van der Waals surface area contributed by atoms with Gasteiger partial charge in [0.2, 0.25) is 12.3 Å². The second-order valence-corrected chi connectivity index (χ2v) is 9.26. The van der Waals surface area contributed by atoms with Gasteiger partial charge in [0.15, 0.2) is 0 Å². The zero-order valence-corrected chi connectivity index (χ0v) is 19.6. The zero-order valence-electron chi connectivity index (χ0n) is 18.8. The summed E-state index contributed by atoms with van der Waals surface area (Å²) in [6.07, 6.45) is 0.993. The Kier molecular flexibility index (Phi) is 7.13. The van der Waals surface area contributed by atoms with Crippen molar-refractivity contribution in [1.29, 1.82) is 0 Å². The van der Waals surface area contributed by atoms with Crippen LogP contribution < -0.4 is 16.4 Å². The average Bonchev–Trinajstić information content (AvgIpc) is 3.41. The summed E-state index contributed by atoms with van der Waals surface area (Å²) in [5, 5.41) is 7.18. The minimum absolute atomic E-state index is 0.312. The molecule has 2 heterocycles. The lowest BCUT2D eigenvalue weighted by atomic mass is 10.1. The first-order valence-electron chi connectivity index (χ1n) is 11.0. The number of fused-ring (bicyclic) bond motifs is 2. The first-order valence-corrected chi connectivity index (χ1v) is 11.9. The summed E-state index contributed by atoms with van der Waals surface area (Å²) in [5.41, 5.74) is 9.77. The molecule has 2 aliphatic rings. The molecule has 34 heavy (non-hydrogen) atoms. The van der Waals surface area contributed by atoms with Crippen molar-refractivity contribution in [2.45, 2.75) is 44.5 Å². The predicted molar refractivity (Wildman–Crippen MR) is 126 cm³/mol. The molecule has 1 aromatic carbocycles. The average molecular weight is 486 g/mol. The molecule has 10 nitrogen and oxygen atoms in total. The fourth-order valence-electron chi connectivity index (χ4n) is 4.28. The SMILES string of the molecule is CNC(=O)Nc1ccc2c(c1)CCC2OC(=O)N(C=O)CC(=O)N1Cc2sccc2CC[C@H]1N. The third kappa shape index (κ3) is 5.05. The Morgan fingerprint density at radius 1 is 1.24 bits per heavy atom. The number of rotatable bonds is 5. The Balaban J connectivity index is 1.39. The van der Waals surface area contributed by atoms with E-state index in [1.54, 1.807) is 23.5 Å². The number of imide groups is 1. The molecule has 0 bridgehead atoms. The highest BCUT2D eigenvalue weighted by atomic mass is 32.1. The van der Waals surface area contributed by atoms with Crippen molar-refractivity contribution >= 4 is 41.5 Å². The van der Waals surface area contributed by atoms with Crippen LogP contribution in [0.25, 0.3) is 0 Å². The van der Waals surface area contributed by atoms with Gasteiger partial charge in [-0.1, -0.05) is 6.07 Å². The van der Waals surface area contributed by atoms with Gasteiger partial charge in [-0.25, -0.2) is 14.5 Å². The molecule has 2 aromatic rings. The number of benzene rings is 1. The largest absolute Gasteiger partial charge is 0.441 e. The topological polar surface area (TPSA) is 134 Å². The number of aryl methyl sites for hydroxylation is 2. The summed E-state index contributed by atoms with van der Waals surface area (Å²) in [5.74, 6) is -0.408. The highest BCUT2D eigenvalue weighted by Crippen LogP contribution is 2.36. The Morgan fingerprint density at radius 2 is 2.03 bits per heavy atom. The van der Waals surface area contributed by atoms with Gasteiger partial charge in [-0.2, -0.15) is 0 Å². The molecule has 2 atom stereocenters. The van der Waals surface area contributed by atoms with Gasteiger partial charge in [0.1, 0.15) is 12.6 Å². The van der Waals surface area contributed by atoms with Gasteiger partial charge in [0, 0.05) is 17.6 Å². The van der Waals surface area contributed by atoms with E-state index in [1.165, 1.54) is 17.5 Å². The lowest BCUT2D eigenvalue weighted by Gasteiger charge is -2.28. The molecular weight excluding hydrogens is 458 g/mol. The minimum Gasteiger partial charge on any atom is -0.441 e. The first-order chi connectivity index (χ1) is 16.4. The molecule has 0 spiro atoms. The molecule has 11 heteroatoms. The maximum absolute atomic E-state index is 13.0. The number of thiophene rings is 1. The van der Waals surface area contributed by atoms with Gasteiger partial charge in [-0.05, 0) is 66.0 Å². The molecule has 4 rings (SSSR count). The zero-order chi connectivity index (χ0) is 24.2. The standard InChI is InChI=1S/C23H27N5O5S/c1-25-22(31)26-16-4-5-17-15(10-16)2-6-18(17)33-23(32)27(13-29)12-21(30)28-11-19-14(8-9-34-19)3-7-20(28)24/h4-5,8-10,13,18,20H,2-3,6-7,11-12,24H2,1H3,(H2,25,26,31)/t18?,20-/m0/s1. The predicted octanol–water partition coefficient (Wildman–Crippen LogP) is 2.34. The van der Waals surface area contributed by atoms with Crippen LogP contribution in [-0.2, 0) is 33.7 Å². The number of urea groups is 1. The molecule has 1 aliphatic carbocycles. The van der Waals surface area contributed by atoms with Gasteiger partial charge in [0.25, 0.3) is 0 Å². The summed E-state index contributed by atoms with van der Waals surface area (Å²) in [6.45, 7) is -0.0809. The number of nitrogens with zero attached hydrogens (tertiary/aromatic N) is 2. The van der Waals surface area contributed by atoms with Crippen LogP contribution in [0.1, 0.15) is 40.5 Å². The van der Waals surface area contributed by atoms with Gasteiger partial charge in [0.05, 0.1) is 12.7 Å². The second-order valence-electron chi connectivity index (χ2n) is 8.26. The van der Waals surface area contributed by atoms with Crippen LogP contribution in [0.4, 0.5) is 15.3 Å². The Bertz CT molecular complexity index is 1100. The number of carbonyl (C=O) groups excluding carboxylic acids is 4. The Hall–Kier alpha value is -3.44. The lowest BCUT2D eigenvalue weighted by molar-refractivity contribution is -0.137. The normalized spacial score (nSPS) is 18.8. The van der Waals surface area contributed by atoms with Crippen LogP contribution in [0.2, 0.25) is 0 Å². The molecule has 0 fully saturated rings. The van der Waals surface area contributed by atoms with Crippen molar-refractivity contribution in [2.24, 2.45) is 5.73 Å². The van der Waals surface area contributed by atoms with E-state index in [0.717, 1.165) is 27.3 Å². The van der Waals surface area contributed by atoms with Gasteiger partial charge < -0.3 is 26.0 Å². The van der Waals surface area contributed by atoms with Crippen molar-refractivity contribution in [2.75, 3.05) is 18.9 Å². The number of carbonyl (C=O) groups is 4. The molecule has 180 valence electrons. The molecule has 0 saturated carbocycles. The van der Waals surface area contributed by atoms with Gasteiger partial charge in [-0.15, -0.1) is 11.3 Å². The number of hydrogen-bond donors (Lipinski definition) is 3. The molecule has 5 amide bonds. The van der Waals surface area contributed by atoms with Gasteiger partial charge in [-0.3, -0.25) is 9.59 Å². The van der Waals surface area contributed by atoms with Crippen LogP contribution in [-0.4, -0.2) is 54.0 Å². The monoisotopic (exact) mass is 485 g/mol. The number of anilines is 1. The van der Waals surface area contributed by atoms with Crippen LogP contribution in [0, 0.1) is 0 Å². The lowest BCUT2D eigenvalue weighted by Crippen LogP contribution is -2.49. The Morgan fingerprint density at radius 3 is 2.79 bits per heavy atom. The fourth-order valence-corrected chi connectivity index (χ4v) is 5.21. The van der Waals surface area contributed by atoms with E-state index in [0.29, 0.717) is 37.9 Å². The quantitative estimate of drug-likeness (QED) is 0.557. The highest BCUT2D eigenvalue weighted by Gasteiger charge is 2.31. The minimum atomic E-state index is -0.881. The molecule has 0 saturated heterocycles.